The summed E-state index contributed by atoms with van der Waals surface area (Å²) in [5, 5.41) is 14.9. The molecule has 6 rings (SSSR count). The maximum atomic E-state index is 15.2. The summed E-state index contributed by atoms with van der Waals surface area (Å²) in [6.07, 6.45) is 0.579. The number of nitro groups is 1. The molecule has 4 aromatic rings. The normalized spacial score (nSPS) is 23.1. The summed E-state index contributed by atoms with van der Waals surface area (Å²) < 4.78 is 15.2. The quantitative estimate of drug-likeness (QED) is 0.105. The molecule has 5 atom stereocenters. The summed E-state index contributed by atoms with van der Waals surface area (Å²) in [4.78, 5) is 25.5. The van der Waals surface area contributed by atoms with E-state index in [4.69, 9.17) is 23.2 Å². The zero-order valence-electron chi connectivity index (χ0n) is 21.0. The third-order valence-electron chi connectivity index (χ3n) is 7.75. The van der Waals surface area contributed by atoms with Crippen molar-refractivity contribution in [1.29, 1.82) is 0 Å². The van der Waals surface area contributed by atoms with Crippen molar-refractivity contribution in [2.24, 2.45) is 5.92 Å². The number of para-hydroxylation sites is 1. The van der Waals surface area contributed by atoms with Crippen LogP contribution in [0.1, 0.15) is 45.4 Å². The molecule has 1 aliphatic carbocycles. The lowest BCUT2D eigenvalue weighted by Crippen LogP contribution is -2.33. The minimum absolute atomic E-state index is 0.0224. The number of hydrogen-bond acceptors (Lipinski definition) is 5. The second kappa shape index (κ2) is 10.9. The average Bonchev–Trinajstić information content (AvgIpc) is 3.29. The van der Waals surface area contributed by atoms with Crippen molar-refractivity contribution in [1.82, 2.24) is 0 Å². The Morgan fingerprint density at radius 2 is 1.68 bits per heavy atom. The molecule has 0 saturated heterocycles. The number of nitro benzene ring substituents is 1. The second-order valence-corrected chi connectivity index (χ2v) is 12.2. The van der Waals surface area contributed by atoms with E-state index in [1.165, 1.54) is 23.9 Å². The van der Waals surface area contributed by atoms with Gasteiger partial charge in [0.05, 0.1) is 21.2 Å². The Morgan fingerprint density at radius 1 is 0.975 bits per heavy atom. The van der Waals surface area contributed by atoms with Crippen molar-refractivity contribution in [2.45, 2.75) is 33.9 Å². The van der Waals surface area contributed by atoms with Crippen molar-refractivity contribution >= 4 is 52.1 Å². The fourth-order valence-corrected chi connectivity index (χ4v) is 8.19. The molecule has 40 heavy (non-hydrogen) atoms. The zero-order chi connectivity index (χ0) is 28.0. The van der Waals surface area contributed by atoms with Gasteiger partial charge in [-0.25, -0.2) is 4.39 Å². The van der Waals surface area contributed by atoms with Gasteiger partial charge in [0.2, 0.25) is 0 Å². The van der Waals surface area contributed by atoms with Crippen molar-refractivity contribution in [3.05, 3.63) is 134 Å². The molecular weight excluding hydrogens is 570 g/mol. The second-order valence-electron chi connectivity index (χ2n) is 10.0. The van der Waals surface area contributed by atoms with E-state index in [2.05, 4.69) is 5.32 Å². The highest BCUT2D eigenvalue weighted by Crippen LogP contribution is 2.59. The van der Waals surface area contributed by atoms with Crippen molar-refractivity contribution < 1.29 is 14.1 Å². The van der Waals surface area contributed by atoms with Crippen molar-refractivity contribution in [2.75, 3.05) is 5.32 Å². The standard InChI is InChI=1S/C31H23Cl2FN2O3S/c32-18-14-20-27-21(16-26(28(27)33)40-25-13-7-6-12-24(25)36(38)39)29(19-10-4-5-11-23(19)34)35-30(20)22(15-18)31(37)17-8-2-1-3-9-17/h1-15,21,26-29,35H,16H2. The molecule has 1 N–H and O–H groups in total. The van der Waals surface area contributed by atoms with Crippen LogP contribution >= 0.6 is 35.0 Å². The number of benzene rings is 4. The Balaban J connectivity index is 1.47. The first-order valence-electron chi connectivity index (χ1n) is 12.8. The molecule has 0 radical (unpaired) electrons. The van der Waals surface area contributed by atoms with E-state index in [1.54, 1.807) is 66.7 Å². The van der Waals surface area contributed by atoms with Crippen molar-refractivity contribution in [3.8, 4) is 0 Å². The highest BCUT2D eigenvalue weighted by Gasteiger charge is 2.51. The first-order chi connectivity index (χ1) is 19.3. The molecule has 5 unspecified atom stereocenters. The summed E-state index contributed by atoms with van der Waals surface area (Å²) in [5.74, 6) is -0.977. The molecule has 0 aromatic heterocycles. The van der Waals surface area contributed by atoms with Gasteiger partial charge in [0, 0.05) is 44.6 Å². The number of halogens is 3. The molecule has 0 bridgehead atoms. The fourth-order valence-electron chi connectivity index (χ4n) is 6.02. The lowest BCUT2D eigenvalue weighted by Gasteiger charge is -2.39. The number of carbonyl (C=O) groups excluding carboxylic acids is 1. The minimum atomic E-state index is -0.472. The van der Waals surface area contributed by atoms with Gasteiger partial charge < -0.3 is 5.32 Å². The summed E-state index contributed by atoms with van der Waals surface area (Å²) >= 11 is 15.2. The van der Waals surface area contributed by atoms with Gasteiger partial charge in [-0.2, -0.15) is 0 Å². The fraction of sp³-hybridized carbons (Fsp3) is 0.194. The number of ketones is 1. The first-order valence-corrected chi connectivity index (χ1v) is 14.5. The number of rotatable bonds is 6. The molecule has 202 valence electrons. The largest absolute Gasteiger partial charge is 0.377 e. The zero-order valence-corrected chi connectivity index (χ0v) is 23.3. The number of carbonyl (C=O) groups is 1. The van der Waals surface area contributed by atoms with Crippen LogP contribution in [0.5, 0.6) is 0 Å². The monoisotopic (exact) mass is 592 g/mol. The van der Waals surface area contributed by atoms with E-state index < -0.39 is 16.3 Å². The van der Waals surface area contributed by atoms with Gasteiger partial charge >= 0.3 is 0 Å². The van der Waals surface area contributed by atoms with Crippen LogP contribution in [0.3, 0.4) is 0 Å². The number of nitrogens with zero attached hydrogens (tertiary/aromatic N) is 1. The molecule has 0 spiro atoms. The van der Waals surface area contributed by atoms with E-state index in [1.807, 2.05) is 12.1 Å². The molecule has 1 fully saturated rings. The predicted octanol–water partition coefficient (Wildman–Crippen LogP) is 8.66. The van der Waals surface area contributed by atoms with Gasteiger partial charge in [-0.15, -0.1) is 23.4 Å². The topological polar surface area (TPSA) is 72.2 Å². The van der Waals surface area contributed by atoms with E-state index >= 15 is 4.39 Å². The molecule has 4 aromatic carbocycles. The van der Waals surface area contributed by atoms with Gasteiger partial charge in [0.15, 0.2) is 5.78 Å². The Bertz CT molecular complexity index is 1620. The smallest absolute Gasteiger partial charge is 0.282 e. The van der Waals surface area contributed by atoms with E-state index in [-0.39, 0.29) is 34.4 Å². The van der Waals surface area contributed by atoms with Gasteiger partial charge in [0.25, 0.3) is 5.69 Å². The van der Waals surface area contributed by atoms with E-state index in [0.717, 1.165) is 5.56 Å². The van der Waals surface area contributed by atoms with Crippen LogP contribution in [-0.4, -0.2) is 21.3 Å². The molecule has 1 heterocycles. The van der Waals surface area contributed by atoms with Crippen LogP contribution in [-0.2, 0) is 0 Å². The summed E-state index contributed by atoms with van der Waals surface area (Å²) in [5.41, 5.74) is 2.81. The number of anilines is 1. The van der Waals surface area contributed by atoms with Gasteiger partial charge in [-0.05, 0) is 42.2 Å². The molecule has 1 aliphatic heterocycles. The van der Waals surface area contributed by atoms with Gasteiger partial charge in [-0.3, -0.25) is 14.9 Å². The number of alkyl halides is 1. The van der Waals surface area contributed by atoms with Crippen molar-refractivity contribution in [3.63, 3.8) is 0 Å². The van der Waals surface area contributed by atoms with Gasteiger partial charge in [-0.1, -0.05) is 72.3 Å². The van der Waals surface area contributed by atoms with Crippen LogP contribution < -0.4 is 5.32 Å². The van der Waals surface area contributed by atoms with Crippen LogP contribution in [0.15, 0.2) is 95.9 Å². The van der Waals surface area contributed by atoms with E-state index in [0.29, 0.717) is 38.7 Å². The number of fused-ring (bicyclic) bond motifs is 3. The number of nitrogens with one attached hydrogen (secondary N) is 1. The maximum Gasteiger partial charge on any atom is 0.282 e. The third-order valence-corrected chi connectivity index (χ3v) is 10.1. The predicted molar refractivity (Wildman–Crippen MR) is 157 cm³/mol. The Labute approximate surface area is 244 Å². The molecule has 5 nitrogen and oxygen atoms in total. The lowest BCUT2D eigenvalue weighted by molar-refractivity contribution is -0.387. The molecular formula is C31H23Cl2FN2O3S. The highest BCUT2D eigenvalue weighted by molar-refractivity contribution is 8.00. The van der Waals surface area contributed by atoms with Crippen LogP contribution in [0.25, 0.3) is 0 Å². The average molecular weight is 594 g/mol. The summed E-state index contributed by atoms with van der Waals surface area (Å²) in [7, 11) is 0. The SMILES string of the molecule is O=C(c1ccccc1)c1cc(Cl)cc2c1NC(c1ccccc1F)C1CC(Sc3ccccc3[N+](=O)[O-])C(Cl)C21. The number of hydrogen-bond donors (Lipinski definition) is 1. The Hall–Kier alpha value is -3.39. The highest BCUT2D eigenvalue weighted by atomic mass is 35.5. The first kappa shape index (κ1) is 26.8. The minimum Gasteiger partial charge on any atom is -0.377 e. The number of thioether (sulfide) groups is 1. The Kier molecular flexibility index (Phi) is 7.29. The van der Waals surface area contributed by atoms with Crippen LogP contribution in [0.2, 0.25) is 5.02 Å². The third kappa shape index (κ3) is 4.76. The Morgan fingerprint density at radius 3 is 2.42 bits per heavy atom. The van der Waals surface area contributed by atoms with Crippen LogP contribution in [0.4, 0.5) is 15.8 Å². The van der Waals surface area contributed by atoms with Crippen LogP contribution in [0, 0.1) is 21.8 Å². The maximum absolute atomic E-state index is 15.2. The molecule has 2 aliphatic rings. The molecule has 9 heteroatoms. The van der Waals surface area contributed by atoms with E-state index in [9.17, 15) is 14.9 Å². The molecule has 0 amide bonds. The van der Waals surface area contributed by atoms with Gasteiger partial charge in [0.1, 0.15) is 5.82 Å². The molecule has 1 saturated carbocycles. The summed E-state index contributed by atoms with van der Waals surface area (Å²) in [6, 6.07) is 25.1. The lowest BCUT2D eigenvalue weighted by atomic mass is 9.76. The summed E-state index contributed by atoms with van der Waals surface area (Å²) in [6.45, 7) is 0.